The summed E-state index contributed by atoms with van der Waals surface area (Å²) in [7, 11) is 1.95. The topological polar surface area (TPSA) is 28.5 Å². The van der Waals surface area contributed by atoms with Crippen LogP contribution in [-0.2, 0) is 6.54 Å². The van der Waals surface area contributed by atoms with Gasteiger partial charge < -0.3 is 14.4 Å². The van der Waals surface area contributed by atoms with Gasteiger partial charge in [0.05, 0.1) is 17.4 Å². The fourth-order valence-corrected chi connectivity index (χ4v) is 2.99. The molecule has 23 heavy (non-hydrogen) atoms. The number of pyridine rings is 1. The van der Waals surface area contributed by atoms with E-state index in [0.717, 1.165) is 6.07 Å². The third-order valence-electron chi connectivity index (χ3n) is 4.27. The van der Waals surface area contributed by atoms with Gasteiger partial charge in [-0.15, -0.1) is 0 Å². The summed E-state index contributed by atoms with van der Waals surface area (Å²) in [6.07, 6.45) is 1.35. The molecule has 1 aliphatic rings. The molecule has 0 unspecified atom stereocenters. The number of anilines is 1. The molecule has 1 aliphatic heterocycles. The van der Waals surface area contributed by atoms with Crippen molar-refractivity contribution in [2.75, 3.05) is 44.8 Å². The third-order valence-corrected chi connectivity index (χ3v) is 4.27. The number of aryl methyl sites for hydroxylation is 1. The summed E-state index contributed by atoms with van der Waals surface area (Å²) < 4.78 is 43.5. The first-order valence-corrected chi connectivity index (χ1v) is 7.53. The molecule has 1 saturated heterocycles. The van der Waals surface area contributed by atoms with E-state index in [1.165, 1.54) is 16.8 Å². The number of hydrogen-bond acceptors (Lipinski definition) is 3. The van der Waals surface area contributed by atoms with Crippen LogP contribution >= 0.6 is 0 Å². The summed E-state index contributed by atoms with van der Waals surface area (Å²) in [5.74, 6) is -1.55. The average Bonchev–Trinajstić information content (AvgIpc) is 2.52. The molecule has 4 nitrogen and oxygen atoms in total. The Morgan fingerprint density at radius 2 is 1.87 bits per heavy atom. The Morgan fingerprint density at radius 3 is 2.52 bits per heavy atom. The Morgan fingerprint density at radius 1 is 1.17 bits per heavy atom. The maximum absolute atomic E-state index is 15.0. The molecule has 0 amide bonds. The van der Waals surface area contributed by atoms with Crippen LogP contribution in [0.4, 0.5) is 18.9 Å². The van der Waals surface area contributed by atoms with Crippen molar-refractivity contribution < 1.29 is 13.2 Å². The summed E-state index contributed by atoms with van der Waals surface area (Å²) in [6.45, 7) is 1.61. The van der Waals surface area contributed by atoms with E-state index in [2.05, 4.69) is 4.90 Å². The van der Waals surface area contributed by atoms with Gasteiger partial charge in [-0.1, -0.05) is 0 Å². The van der Waals surface area contributed by atoms with Crippen LogP contribution < -0.4 is 10.3 Å². The maximum Gasteiger partial charge on any atom is 0.189 e. The lowest BCUT2D eigenvalue weighted by atomic mass is 10.1. The number of halogens is 3. The Balaban J connectivity index is 2.19. The highest BCUT2D eigenvalue weighted by Gasteiger charge is 2.24. The highest BCUT2D eigenvalue weighted by Crippen LogP contribution is 2.30. The largest absolute Gasteiger partial charge is 0.364 e. The number of aromatic nitrogens is 1. The second-order valence-electron chi connectivity index (χ2n) is 5.77. The Kier molecular flexibility index (Phi) is 4.30. The van der Waals surface area contributed by atoms with Gasteiger partial charge >= 0.3 is 0 Å². The van der Waals surface area contributed by atoms with Gasteiger partial charge in [-0.3, -0.25) is 4.79 Å². The lowest BCUT2D eigenvalue weighted by Crippen LogP contribution is -2.45. The monoisotopic (exact) mass is 325 g/mol. The van der Waals surface area contributed by atoms with Crippen molar-refractivity contribution in [2.24, 2.45) is 0 Å². The van der Waals surface area contributed by atoms with Crippen molar-refractivity contribution in [2.45, 2.75) is 6.54 Å². The number of hydrogen-bond donors (Lipinski definition) is 0. The maximum atomic E-state index is 15.0. The van der Waals surface area contributed by atoms with Crippen LogP contribution in [0.5, 0.6) is 0 Å². The molecule has 0 aliphatic carbocycles. The van der Waals surface area contributed by atoms with Crippen LogP contribution in [0.25, 0.3) is 10.9 Å². The van der Waals surface area contributed by atoms with E-state index in [4.69, 9.17) is 0 Å². The van der Waals surface area contributed by atoms with E-state index in [-0.39, 0.29) is 23.1 Å². The summed E-state index contributed by atoms with van der Waals surface area (Å²) in [5.41, 5.74) is -0.646. The van der Waals surface area contributed by atoms with E-state index in [1.807, 2.05) is 7.05 Å². The van der Waals surface area contributed by atoms with Crippen molar-refractivity contribution in [3.05, 3.63) is 40.2 Å². The first-order valence-electron chi connectivity index (χ1n) is 7.53. The third kappa shape index (κ3) is 2.81. The van der Waals surface area contributed by atoms with Crippen LogP contribution in [0.1, 0.15) is 0 Å². The first kappa shape index (κ1) is 15.9. The highest BCUT2D eigenvalue weighted by molar-refractivity contribution is 5.84. The Bertz CT molecular complexity index is 782. The van der Waals surface area contributed by atoms with Crippen molar-refractivity contribution in [1.82, 2.24) is 9.47 Å². The molecular formula is C16H18F3N3O. The Labute approximate surface area is 131 Å². The quantitative estimate of drug-likeness (QED) is 0.864. The number of alkyl halides is 1. The van der Waals surface area contributed by atoms with Crippen LogP contribution in [0.15, 0.2) is 23.1 Å². The first-order chi connectivity index (χ1) is 11.0. The molecular weight excluding hydrogens is 307 g/mol. The molecule has 0 saturated carbocycles. The average molecular weight is 325 g/mol. The van der Waals surface area contributed by atoms with Crippen LogP contribution in [0.2, 0.25) is 0 Å². The predicted octanol–water partition coefficient (Wildman–Crippen LogP) is 2.00. The standard InChI is InChI=1S/C16H18F3N3O/c1-20-6-8-22(9-7-20)16-12(18)10-11-13(23)2-4-21(5-3-17)15(11)14(16)19/h2,4,10H,3,5-9H2,1H3. The zero-order chi connectivity index (χ0) is 16.6. The molecule has 1 aromatic carbocycles. The van der Waals surface area contributed by atoms with Crippen molar-refractivity contribution in [3.63, 3.8) is 0 Å². The van der Waals surface area contributed by atoms with Crippen LogP contribution in [-0.4, -0.2) is 49.4 Å². The Hall–Kier alpha value is -2.02. The molecule has 1 aromatic heterocycles. The summed E-state index contributed by atoms with van der Waals surface area (Å²) >= 11 is 0. The molecule has 3 rings (SSSR count). The van der Waals surface area contributed by atoms with E-state index in [1.54, 1.807) is 4.90 Å². The fourth-order valence-electron chi connectivity index (χ4n) is 2.99. The van der Waals surface area contributed by atoms with E-state index < -0.39 is 23.7 Å². The van der Waals surface area contributed by atoms with Gasteiger partial charge in [-0.25, -0.2) is 13.2 Å². The second kappa shape index (κ2) is 6.23. The van der Waals surface area contributed by atoms with Gasteiger partial charge in [-0.05, 0) is 13.1 Å². The molecule has 1 fully saturated rings. The number of rotatable bonds is 3. The fraction of sp³-hybridized carbons (Fsp3) is 0.438. The van der Waals surface area contributed by atoms with Crippen LogP contribution in [0, 0.1) is 11.6 Å². The SMILES string of the molecule is CN1CCN(c2c(F)cc3c(=O)ccn(CCF)c3c2F)CC1. The molecule has 2 heterocycles. The summed E-state index contributed by atoms with van der Waals surface area (Å²) in [4.78, 5) is 15.6. The number of benzene rings is 1. The number of fused-ring (bicyclic) bond motifs is 1. The highest BCUT2D eigenvalue weighted by atomic mass is 19.1. The minimum Gasteiger partial charge on any atom is -0.364 e. The molecule has 2 aromatic rings. The summed E-state index contributed by atoms with van der Waals surface area (Å²) in [5, 5.41) is -0.0613. The molecule has 7 heteroatoms. The molecule has 0 radical (unpaired) electrons. The molecule has 0 spiro atoms. The zero-order valence-corrected chi connectivity index (χ0v) is 12.9. The lowest BCUT2D eigenvalue weighted by molar-refractivity contribution is 0.310. The van der Waals surface area contributed by atoms with Gasteiger partial charge in [0.1, 0.15) is 18.2 Å². The minimum absolute atomic E-state index is 0.0366. The lowest BCUT2D eigenvalue weighted by Gasteiger charge is -2.34. The molecule has 124 valence electrons. The predicted molar refractivity (Wildman–Crippen MR) is 83.8 cm³/mol. The van der Waals surface area contributed by atoms with Gasteiger partial charge in [0, 0.05) is 38.4 Å². The van der Waals surface area contributed by atoms with E-state index in [9.17, 15) is 18.0 Å². The van der Waals surface area contributed by atoms with E-state index >= 15 is 0 Å². The van der Waals surface area contributed by atoms with Crippen molar-refractivity contribution in [3.8, 4) is 0 Å². The normalized spacial score (nSPS) is 16.3. The molecule has 0 bridgehead atoms. The van der Waals surface area contributed by atoms with Gasteiger partial charge in [0.25, 0.3) is 0 Å². The number of piperazine rings is 1. The molecule has 0 atom stereocenters. The second-order valence-corrected chi connectivity index (χ2v) is 5.77. The minimum atomic E-state index is -0.796. The van der Waals surface area contributed by atoms with E-state index in [0.29, 0.717) is 26.2 Å². The number of nitrogens with zero attached hydrogens (tertiary/aromatic N) is 3. The van der Waals surface area contributed by atoms with Gasteiger partial charge in [-0.2, -0.15) is 0 Å². The van der Waals surface area contributed by atoms with Gasteiger partial charge in [0.2, 0.25) is 0 Å². The van der Waals surface area contributed by atoms with Crippen molar-refractivity contribution >= 4 is 16.6 Å². The summed E-state index contributed by atoms with van der Waals surface area (Å²) in [6, 6.07) is 2.26. The van der Waals surface area contributed by atoms with Gasteiger partial charge in [0.15, 0.2) is 11.2 Å². The number of likely N-dealkylation sites (N-methyl/N-ethyl adjacent to an activating group) is 1. The smallest absolute Gasteiger partial charge is 0.189 e. The molecule has 0 N–H and O–H groups in total. The van der Waals surface area contributed by atoms with Crippen LogP contribution in [0.3, 0.4) is 0 Å². The zero-order valence-electron chi connectivity index (χ0n) is 12.9. The van der Waals surface area contributed by atoms with Crippen molar-refractivity contribution in [1.29, 1.82) is 0 Å².